The Labute approximate surface area is 54.7 Å². The van der Waals surface area contributed by atoms with Crippen LogP contribution in [0.4, 0.5) is 0 Å². The van der Waals surface area contributed by atoms with Crippen LogP contribution in [-0.4, -0.2) is 16.7 Å². The molecule has 0 aliphatic heterocycles. The van der Waals surface area contributed by atoms with E-state index < -0.39 is 0 Å². The van der Waals surface area contributed by atoms with Crippen molar-refractivity contribution in [1.82, 2.24) is 0 Å². The fourth-order valence-electron chi connectivity index (χ4n) is 0.411. The Morgan fingerprint density at radius 1 is 1.50 bits per heavy atom. The summed E-state index contributed by atoms with van der Waals surface area (Å²) in [6.07, 6.45) is 2.47. The Balaban J connectivity index is 2.82. The van der Waals surface area contributed by atoms with Gasteiger partial charge in [0.05, 0.1) is 4.99 Å². The summed E-state index contributed by atoms with van der Waals surface area (Å²) >= 11 is 4.61. The number of hydrogen-bond donors (Lipinski definition) is 2. The predicted molar refractivity (Wildman–Crippen MR) is 37.7 cm³/mol. The lowest BCUT2D eigenvalue weighted by molar-refractivity contribution is 0.285. The maximum Gasteiger partial charge on any atom is 0.0727 e. The summed E-state index contributed by atoms with van der Waals surface area (Å²) in [5, 5.41) is 8.30. The number of aliphatic hydroxyl groups excluding tert-OH is 1. The summed E-state index contributed by atoms with van der Waals surface area (Å²) < 4.78 is 0. The van der Waals surface area contributed by atoms with Crippen LogP contribution >= 0.6 is 12.2 Å². The van der Waals surface area contributed by atoms with E-state index in [1.54, 1.807) is 0 Å². The molecule has 0 aromatic carbocycles. The molecule has 8 heavy (non-hydrogen) atoms. The van der Waals surface area contributed by atoms with Crippen molar-refractivity contribution in [2.45, 2.75) is 19.3 Å². The van der Waals surface area contributed by atoms with Crippen molar-refractivity contribution in [3.05, 3.63) is 0 Å². The molecule has 48 valence electrons. The predicted octanol–water partition coefficient (Wildman–Crippen LogP) is 0.435. The molecule has 0 fully saturated rings. The molecule has 0 atom stereocenters. The van der Waals surface area contributed by atoms with Crippen LogP contribution in [0.2, 0.25) is 0 Å². The highest BCUT2D eigenvalue weighted by Crippen LogP contribution is 1.92. The zero-order valence-electron chi connectivity index (χ0n) is 4.76. The van der Waals surface area contributed by atoms with Gasteiger partial charge >= 0.3 is 0 Å². The monoisotopic (exact) mass is 133 g/mol. The molecule has 3 heteroatoms. The fraction of sp³-hybridized carbons (Fsp3) is 0.800. The number of aliphatic hydroxyl groups is 1. The van der Waals surface area contributed by atoms with Gasteiger partial charge in [0.15, 0.2) is 0 Å². The van der Waals surface area contributed by atoms with Gasteiger partial charge in [-0.05, 0) is 19.3 Å². The highest BCUT2D eigenvalue weighted by atomic mass is 32.1. The number of unbranched alkanes of at least 4 members (excludes halogenated alkanes) is 1. The smallest absolute Gasteiger partial charge is 0.0727 e. The molecular formula is C5H11NOS. The van der Waals surface area contributed by atoms with E-state index in [0.717, 1.165) is 19.3 Å². The summed E-state index contributed by atoms with van der Waals surface area (Å²) in [4.78, 5) is 0.540. The normalized spacial score (nSPS) is 9.12. The first-order valence-corrected chi connectivity index (χ1v) is 3.07. The third kappa shape index (κ3) is 5.85. The van der Waals surface area contributed by atoms with Gasteiger partial charge in [-0.3, -0.25) is 0 Å². The Morgan fingerprint density at radius 3 is 2.50 bits per heavy atom. The Hall–Kier alpha value is -0.150. The van der Waals surface area contributed by atoms with Crippen molar-refractivity contribution in [2.75, 3.05) is 6.61 Å². The van der Waals surface area contributed by atoms with Crippen LogP contribution < -0.4 is 5.73 Å². The van der Waals surface area contributed by atoms with E-state index in [0.29, 0.717) is 4.99 Å². The maximum absolute atomic E-state index is 8.30. The average Bonchev–Trinajstić information content (AvgIpc) is 1.66. The van der Waals surface area contributed by atoms with Gasteiger partial charge in [-0.1, -0.05) is 12.2 Å². The first kappa shape index (κ1) is 7.85. The van der Waals surface area contributed by atoms with Gasteiger partial charge < -0.3 is 10.8 Å². The van der Waals surface area contributed by atoms with Crippen molar-refractivity contribution in [2.24, 2.45) is 5.73 Å². The molecule has 0 radical (unpaired) electrons. The summed E-state index contributed by atoms with van der Waals surface area (Å²) in [6, 6.07) is 0. The van der Waals surface area contributed by atoms with Crippen LogP contribution in [0.25, 0.3) is 0 Å². The summed E-state index contributed by atoms with van der Waals surface area (Å²) in [5.74, 6) is 0. The zero-order chi connectivity index (χ0) is 6.41. The second-order valence-corrected chi connectivity index (χ2v) is 2.17. The Morgan fingerprint density at radius 2 is 2.12 bits per heavy atom. The Kier molecular flexibility index (Phi) is 4.90. The van der Waals surface area contributed by atoms with E-state index in [1.807, 2.05) is 0 Å². The number of hydrogen-bond acceptors (Lipinski definition) is 2. The van der Waals surface area contributed by atoms with E-state index >= 15 is 0 Å². The van der Waals surface area contributed by atoms with Crippen LogP contribution in [0, 0.1) is 0 Å². The highest BCUT2D eigenvalue weighted by Gasteiger charge is 1.87. The zero-order valence-corrected chi connectivity index (χ0v) is 5.58. The van der Waals surface area contributed by atoms with Crippen molar-refractivity contribution in [3.8, 4) is 0 Å². The van der Waals surface area contributed by atoms with Gasteiger partial charge in [0.1, 0.15) is 0 Å². The molecule has 0 saturated carbocycles. The third-order valence-electron chi connectivity index (χ3n) is 0.831. The molecule has 0 rings (SSSR count). The van der Waals surface area contributed by atoms with Gasteiger partial charge in [0, 0.05) is 6.61 Å². The van der Waals surface area contributed by atoms with Crippen molar-refractivity contribution in [1.29, 1.82) is 0 Å². The van der Waals surface area contributed by atoms with Crippen LogP contribution in [-0.2, 0) is 0 Å². The van der Waals surface area contributed by atoms with Crippen LogP contribution in [0.1, 0.15) is 19.3 Å². The molecule has 0 aromatic heterocycles. The molecular weight excluding hydrogens is 122 g/mol. The molecule has 0 unspecified atom stereocenters. The lowest BCUT2D eigenvalue weighted by atomic mass is 10.2. The standard InChI is InChI=1S/C5H11NOS/c6-5(8)3-1-2-4-7/h7H,1-4H2,(H2,6,8). The molecule has 0 bridgehead atoms. The minimum Gasteiger partial charge on any atom is -0.396 e. The summed E-state index contributed by atoms with van der Waals surface area (Å²) in [5.41, 5.74) is 5.18. The van der Waals surface area contributed by atoms with Crippen LogP contribution in [0.5, 0.6) is 0 Å². The topological polar surface area (TPSA) is 46.2 Å². The van der Waals surface area contributed by atoms with Gasteiger partial charge in [-0.2, -0.15) is 0 Å². The Bertz CT molecular complexity index is 74.8. The second-order valence-electron chi connectivity index (χ2n) is 1.65. The van der Waals surface area contributed by atoms with Gasteiger partial charge in [0.2, 0.25) is 0 Å². The number of thiocarbonyl (C=S) groups is 1. The third-order valence-corrected chi connectivity index (χ3v) is 1.04. The molecule has 0 aromatic rings. The van der Waals surface area contributed by atoms with Crippen LogP contribution in [0.15, 0.2) is 0 Å². The first-order chi connectivity index (χ1) is 3.77. The molecule has 0 saturated heterocycles. The van der Waals surface area contributed by atoms with E-state index in [9.17, 15) is 0 Å². The second kappa shape index (κ2) is 5.00. The maximum atomic E-state index is 8.30. The number of nitrogens with two attached hydrogens (primary N) is 1. The molecule has 2 nitrogen and oxygen atoms in total. The molecule has 0 aliphatic rings. The number of rotatable bonds is 4. The lowest BCUT2D eigenvalue weighted by Gasteiger charge is -1.93. The lowest BCUT2D eigenvalue weighted by Crippen LogP contribution is -2.06. The SMILES string of the molecule is NC(=S)CCCCO. The van der Waals surface area contributed by atoms with E-state index in [1.165, 1.54) is 0 Å². The minimum atomic E-state index is 0.239. The largest absolute Gasteiger partial charge is 0.396 e. The molecule has 0 amide bonds. The highest BCUT2D eigenvalue weighted by molar-refractivity contribution is 7.80. The van der Waals surface area contributed by atoms with E-state index in [4.69, 9.17) is 10.8 Å². The van der Waals surface area contributed by atoms with Crippen molar-refractivity contribution >= 4 is 17.2 Å². The average molecular weight is 133 g/mol. The molecule has 0 spiro atoms. The fourth-order valence-corrected chi connectivity index (χ4v) is 0.555. The first-order valence-electron chi connectivity index (χ1n) is 2.66. The van der Waals surface area contributed by atoms with Crippen LogP contribution in [0.3, 0.4) is 0 Å². The molecule has 0 aliphatic carbocycles. The van der Waals surface area contributed by atoms with Crippen molar-refractivity contribution in [3.63, 3.8) is 0 Å². The summed E-state index contributed by atoms with van der Waals surface area (Å²) in [7, 11) is 0. The molecule has 3 N–H and O–H groups in total. The van der Waals surface area contributed by atoms with Gasteiger partial charge in [-0.25, -0.2) is 0 Å². The summed E-state index contributed by atoms with van der Waals surface area (Å²) in [6.45, 7) is 0.239. The molecule has 0 heterocycles. The van der Waals surface area contributed by atoms with Gasteiger partial charge in [0.25, 0.3) is 0 Å². The van der Waals surface area contributed by atoms with E-state index in [2.05, 4.69) is 12.2 Å². The van der Waals surface area contributed by atoms with Gasteiger partial charge in [-0.15, -0.1) is 0 Å². The van der Waals surface area contributed by atoms with E-state index in [-0.39, 0.29) is 6.61 Å². The minimum absolute atomic E-state index is 0.239. The van der Waals surface area contributed by atoms with Crippen molar-refractivity contribution < 1.29 is 5.11 Å². The quantitative estimate of drug-likeness (QED) is 0.432.